The van der Waals surface area contributed by atoms with Crippen molar-refractivity contribution in [3.8, 4) is 34.1 Å². The molecule has 180 valence electrons. The number of anilines is 1. The van der Waals surface area contributed by atoms with Gasteiger partial charge in [0.2, 0.25) is 17.1 Å². The molecule has 8 nitrogen and oxygen atoms in total. The lowest BCUT2D eigenvalue weighted by Gasteiger charge is -2.15. The fraction of sp³-hybridized carbons (Fsp3) is 0.185. The van der Waals surface area contributed by atoms with Gasteiger partial charge in [-0.2, -0.15) is 0 Å². The summed E-state index contributed by atoms with van der Waals surface area (Å²) in [7, 11) is 5.97. The Hall–Kier alpha value is -4.46. The van der Waals surface area contributed by atoms with Gasteiger partial charge in [-0.05, 0) is 48.4 Å². The zero-order valence-corrected chi connectivity index (χ0v) is 20.1. The molecule has 8 heteroatoms. The molecule has 35 heavy (non-hydrogen) atoms. The summed E-state index contributed by atoms with van der Waals surface area (Å²) in [6.07, 6.45) is 0. The number of rotatable bonds is 7. The topological polar surface area (TPSA) is 96.2 Å². The van der Waals surface area contributed by atoms with Crippen molar-refractivity contribution in [2.24, 2.45) is 0 Å². The van der Waals surface area contributed by atoms with Crippen molar-refractivity contribution in [2.45, 2.75) is 6.92 Å². The second kappa shape index (κ2) is 9.80. The van der Waals surface area contributed by atoms with Crippen molar-refractivity contribution in [2.75, 3.05) is 33.8 Å². The van der Waals surface area contributed by atoms with Crippen LogP contribution in [0.3, 0.4) is 0 Å². The van der Waals surface area contributed by atoms with E-state index in [9.17, 15) is 9.59 Å². The minimum absolute atomic E-state index is 0.0284. The summed E-state index contributed by atoms with van der Waals surface area (Å²) in [6, 6.07) is 15.3. The van der Waals surface area contributed by atoms with Crippen molar-refractivity contribution < 1.29 is 28.2 Å². The highest BCUT2D eigenvalue weighted by atomic mass is 16.5. The lowest BCUT2D eigenvalue weighted by molar-refractivity contribution is 0.102. The molecule has 0 aliphatic carbocycles. The predicted molar refractivity (Wildman–Crippen MR) is 133 cm³/mol. The SMILES string of the molecule is COc1ccc(-c2c(NC(=O)c3cc(OC)c(OC)c(OC)c3)oc3c(C)cccc3c2=O)cc1. The van der Waals surface area contributed by atoms with Gasteiger partial charge in [-0.3, -0.25) is 14.9 Å². The summed E-state index contributed by atoms with van der Waals surface area (Å²) in [5.74, 6) is 1.15. The smallest absolute Gasteiger partial charge is 0.258 e. The van der Waals surface area contributed by atoms with Gasteiger partial charge >= 0.3 is 0 Å². The molecule has 0 radical (unpaired) electrons. The summed E-state index contributed by atoms with van der Waals surface area (Å²) < 4.78 is 27.4. The second-order valence-electron chi connectivity index (χ2n) is 7.68. The number of para-hydroxylation sites is 1. The second-order valence-corrected chi connectivity index (χ2v) is 7.68. The molecule has 0 aliphatic heterocycles. The largest absolute Gasteiger partial charge is 0.497 e. The molecule has 4 rings (SSSR count). The molecule has 1 heterocycles. The van der Waals surface area contributed by atoms with E-state index in [0.29, 0.717) is 39.5 Å². The van der Waals surface area contributed by atoms with Crippen molar-refractivity contribution >= 4 is 22.8 Å². The van der Waals surface area contributed by atoms with Gasteiger partial charge < -0.3 is 23.4 Å². The summed E-state index contributed by atoms with van der Waals surface area (Å²) >= 11 is 0. The molecule has 1 amide bonds. The van der Waals surface area contributed by atoms with Crippen LogP contribution in [-0.4, -0.2) is 34.3 Å². The van der Waals surface area contributed by atoms with Crippen molar-refractivity contribution in [1.29, 1.82) is 0 Å². The zero-order chi connectivity index (χ0) is 25.1. The third-order valence-electron chi connectivity index (χ3n) is 5.65. The molecule has 0 atom stereocenters. The number of hydrogen-bond donors (Lipinski definition) is 1. The minimum Gasteiger partial charge on any atom is -0.497 e. The van der Waals surface area contributed by atoms with Crippen LogP contribution in [0, 0.1) is 6.92 Å². The molecule has 1 aromatic heterocycles. The van der Waals surface area contributed by atoms with E-state index >= 15 is 0 Å². The molecule has 0 saturated carbocycles. The van der Waals surface area contributed by atoms with E-state index in [4.69, 9.17) is 23.4 Å². The predicted octanol–water partition coefficient (Wildman–Crippen LogP) is 5.06. The number of carbonyl (C=O) groups is 1. The van der Waals surface area contributed by atoms with Crippen LogP contribution in [0.5, 0.6) is 23.0 Å². The first-order valence-electron chi connectivity index (χ1n) is 10.7. The van der Waals surface area contributed by atoms with Crippen LogP contribution in [0.1, 0.15) is 15.9 Å². The van der Waals surface area contributed by atoms with Gasteiger partial charge in [-0.15, -0.1) is 0 Å². The maximum atomic E-state index is 13.6. The summed E-state index contributed by atoms with van der Waals surface area (Å²) in [4.78, 5) is 26.9. The van der Waals surface area contributed by atoms with Gasteiger partial charge in [0.25, 0.3) is 5.91 Å². The molecule has 0 saturated heterocycles. The fourth-order valence-electron chi connectivity index (χ4n) is 3.85. The first kappa shape index (κ1) is 23.7. The Morgan fingerprint density at radius 3 is 2.09 bits per heavy atom. The number of fused-ring (bicyclic) bond motifs is 1. The number of aryl methyl sites for hydroxylation is 1. The van der Waals surface area contributed by atoms with E-state index in [-0.39, 0.29) is 22.4 Å². The lowest BCUT2D eigenvalue weighted by atomic mass is 10.0. The summed E-state index contributed by atoms with van der Waals surface area (Å²) in [5.41, 5.74) is 1.93. The highest BCUT2D eigenvalue weighted by Crippen LogP contribution is 2.39. The molecule has 0 unspecified atom stereocenters. The van der Waals surface area contributed by atoms with E-state index in [0.717, 1.165) is 5.56 Å². The van der Waals surface area contributed by atoms with Crippen molar-refractivity contribution in [1.82, 2.24) is 0 Å². The lowest BCUT2D eigenvalue weighted by Crippen LogP contribution is -2.17. The van der Waals surface area contributed by atoms with Crippen molar-refractivity contribution in [3.05, 3.63) is 75.9 Å². The third kappa shape index (κ3) is 4.38. The fourth-order valence-corrected chi connectivity index (χ4v) is 3.85. The van der Waals surface area contributed by atoms with Crippen LogP contribution in [0.15, 0.2) is 63.8 Å². The van der Waals surface area contributed by atoms with Crippen LogP contribution in [0.25, 0.3) is 22.1 Å². The molecule has 0 fully saturated rings. The molecule has 1 N–H and O–H groups in total. The Labute approximate surface area is 202 Å². The monoisotopic (exact) mass is 475 g/mol. The van der Waals surface area contributed by atoms with Gasteiger partial charge in [0.1, 0.15) is 11.3 Å². The van der Waals surface area contributed by atoms with Crippen LogP contribution in [-0.2, 0) is 0 Å². The number of ether oxygens (including phenoxy) is 4. The van der Waals surface area contributed by atoms with Crippen LogP contribution < -0.4 is 29.7 Å². The summed E-state index contributed by atoms with van der Waals surface area (Å²) in [5, 5.41) is 3.18. The number of carbonyl (C=O) groups excluding carboxylic acids is 1. The van der Waals surface area contributed by atoms with Gasteiger partial charge in [0, 0.05) is 5.56 Å². The molecular formula is C27H25NO7. The van der Waals surface area contributed by atoms with Crippen LogP contribution >= 0.6 is 0 Å². The first-order chi connectivity index (χ1) is 16.9. The van der Waals surface area contributed by atoms with Crippen LogP contribution in [0.4, 0.5) is 5.88 Å². The van der Waals surface area contributed by atoms with Crippen molar-refractivity contribution in [3.63, 3.8) is 0 Å². The molecule has 0 spiro atoms. The average Bonchev–Trinajstić information content (AvgIpc) is 2.88. The molecule has 3 aromatic carbocycles. The number of amides is 1. The first-order valence-corrected chi connectivity index (χ1v) is 10.7. The van der Waals surface area contributed by atoms with Gasteiger partial charge in [-0.25, -0.2) is 0 Å². The Balaban J connectivity index is 1.87. The molecule has 4 aromatic rings. The zero-order valence-electron chi connectivity index (χ0n) is 20.1. The quantitative estimate of drug-likeness (QED) is 0.399. The number of hydrogen-bond acceptors (Lipinski definition) is 7. The molecule has 0 aliphatic rings. The highest BCUT2D eigenvalue weighted by molar-refractivity contribution is 6.06. The maximum absolute atomic E-state index is 13.6. The van der Waals surface area contributed by atoms with Gasteiger partial charge in [0.05, 0.1) is 39.4 Å². The van der Waals surface area contributed by atoms with Gasteiger partial charge in [0.15, 0.2) is 11.5 Å². The number of methoxy groups -OCH3 is 4. The highest BCUT2D eigenvalue weighted by Gasteiger charge is 2.22. The maximum Gasteiger partial charge on any atom is 0.258 e. The Kier molecular flexibility index (Phi) is 6.64. The number of benzene rings is 3. The third-order valence-corrected chi connectivity index (χ3v) is 5.65. The van der Waals surface area contributed by atoms with E-state index < -0.39 is 5.91 Å². The molecule has 0 bridgehead atoms. The Morgan fingerprint density at radius 1 is 0.857 bits per heavy atom. The minimum atomic E-state index is -0.518. The summed E-state index contributed by atoms with van der Waals surface area (Å²) in [6.45, 7) is 1.84. The Bertz CT molecular complexity index is 1430. The average molecular weight is 475 g/mol. The van der Waals surface area contributed by atoms with E-state index in [1.54, 1.807) is 43.5 Å². The molecular weight excluding hydrogens is 450 g/mol. The Morgan fingerprint density at radius 2 is 1.51 bits per heavy atom. The normalized spacial score (nSPS) is 10.7. The van der Waals surface area contributed by atoms with E-state index in [1.807, 2.05) is 13.0 Å². The van der Waals surface area contributed by atoms with Gasteiger partial charge in [-0.1, -0.05) is 24.3 Å². The van der Waals surface area contributed by atoms with Crippen LogP contribution in [0.2, 0.25) is 0 Å². The standard InChI is InChI=1S/C27H25NO7/c1-15-7-6-8-19-23(29)22(16-9-11-18(31-2)12-10-16)27(35-24(15)19)28-26(30)17-13-20(32-3)25(34-5)21(14-17)33-4/h6-14H,1-5H3,(H,28,30). The van der Waals surface area contributed by atoms with E-state index in [1.165, 1.54) is 33.5 Å². The number of nitrogens with one attached hydrogen (secondary N) is 1. The van der Waals surface area contributed by atoms with E-state index in [2.05, 4.69) is 5.32 Å².